The second-order valence-corrected chi connectivity index (χ2v) is 20.4. The number of esters is 1. The fraction of sp³-hybridized carbons (Fsp3) is 0.860. The summed E-state index contributed by atoms with van der Waals surface area (Å²) in [6.45, 7) is 25.3. The van der Waals surface area contributed by atoms with E-state index in [0.717, 1.165) is 64.3 Å². The Balaban J connectivity index is 1.22. The summed E-state index contributed by atoms with van der Waals surface area (Å²) in [6, 6.07) is 0.0492. The maximum Gasteiger partial charge on any atom is 0.309 e. The van der Waals surface area contributed by atoms with Gasteiger partial charge >= 0.3 is 11.9 Å². The molecule has 0 aromatic heterocycles. The van der Waals surface area contributed by atoms with Crippen LogP contribution in [0.25, 0.3) is 0 Å². The molecule has 5 aliphatic carbocycles. The van der Waals surface area contributed by atoms with Crippen LogP contribution in [-0.2, 0) is 23.9 Å². The zero-order valence-corrected chi connectivity index (χ0v) is 33.3. The first-order valence-electron chi connectivity index (χ1n) is 20.2. The Labute approximate surface area is 307 Å². The van der Waals surface area contributed by atoms with E-state index in [1.54, 1.807) is 20.8 Å². The molecular formula is C43H68N2O6. The van der Waals surface area contributed by atoms with Crippen molar-refractivity contribution in [3.05, 3.63) is 12.2 Å². The number of nitrogens with one attached hydrogen (secondary N) is 1. The van der Waals surface area contributed by atoms with Crippen LogP contribution in [0.5, 0.6) is 0 Å². The number of hydrogen-bond donors (Lipinski definition) is 2. The summed E-state index contributed by atoms with van der Waals surface area (Å²) >= 11 is 0. The van der Waals surface area contributed by atoms with Gasteiger partial charge in [0.05, 0.1) is 11.8 Å². The Morgan fingerprint density at radius 1 is 0.863 bits per heavy atom. The lowest BCUT2D eigenvalue weighted by Gasteiger charge is -2.73. The van der Waals surface area contributed by atoms with Crippen LogP contribution < -0.4 is 5.32 Å². The molecular weight excluding hydrogens is 640 g/mol. The highest BCUT2D eigenvalue weighted by atomic mass is 16.5. The van der Waals surface area contributed by atoms with E-state index < -0.39 is 17.4 Å². The number of aliphatic carboxylic acids is 1. The summed E-state index contributed by atoms with van der Waals surface area (Å²) in [5.41, 5.74) is 0.383. The van der Waals surface area contributed by atoms with E-state index in [9.17, 15) is 24.3 Å². The highest BCUT2D eigenvalue weighted by molar-refractivity contribution is 5.81. The average Bonchev–Trinajstić information content (AvgIpc) is 3.64. The van der Waals surface area contributed by atoms with Gasteiger partial charge in [-0.3, -0.25) is 19.2 Å². The van der Waals surface area contributed by atoms with Crippen LogP contribution >= 0.6 is 0 Å². The number of carbonyl (C=O) groups is 4. The molecule has 8 heteroatoms. The molecule has 1 aliphatic heterocycles. The van der Waals surface area contributed by atoms with Gasteiger partial charge in [-0.1, -0.05) is 46.8 Å². The number of nitrogens with zero attached hydrogens (tertiary/aromatic N) is 1. The predicted molar refractivity (Wildman–Crippen MR) is 198 cm³/mol. The predicted octanol–water partition coefficient (Wildman–Crippen LogP) is 8.18. The van der Waals surface area contributed by atoms with Crippen molar-refractivity contribution in [1.29, 1.82) is 0 Å². The van der Waals surface area contributed by atoms with Gasteiger partial charge in [0, 0.05) is 37.9 Å². The van der Waals surface area contributed by atoms with E-state index in [1.165, 1.54) is 18.4 Å². The molecule has 1 unspecified atom stereocenters. The molecule has 1 heterocycles. The standard InChI is InChI=1S/C43H68N2O6/c1-26(2)29-13-19-43(23-34(47)44-28-16-22-45(25-28)27(3)46)21-20-41(9)30(36(29)43)11-12-32-40(8)17-15-33(51-35(48)24-38(4,5)37(49)50)39(6,7)31(40)14-18-42(32,41)10/h28-33,36H,1,11-25H2,2-10H3,(H,44,47)(H,49,50)/t28-,29+,30-,31+,32-,33?,36-,40+,41-,42-,43-/m1/s1. The highest BCUT2D eigenvalue weighted by Crippen LogP contribution is 2.78. The fourth-order valence-electron chi connectivity index (χ4n) is 14.2. The summed E-state index contributed by atoms with van der Waals surface area (Å²) in [5, 5.41) is 13.0. The van der Waals surface area contributed by atoms with Crippen molar-refractivity contribution < 1.29 is 29.0 Å². The fourth-order valence-corrected chi connectivity index (χ4v) is 14.2. The summed E-state index contributed by atoms with van der Waals surface area (Å²) in [6.07, 6.45) is 12.0. The minimum atomic E-state index is -1.15. The van der Waals surface area contributed by atoms with Crippen molar-refractivity contribution in [2.45, 2.75) is 158 Å². The van der Waals surface area contributed by atoms with E-state index >= 15 is 0 Å². The molecule has 286 valence electrons. The number of ether oxygens (including phenoxy) is 1. The Hall–Kier alpha value is -2.38. The zero-order chi connectivity index (χ0) is 37.5. The van der Waals surface area contributed by atoms with Gasteiger partial charge in [0.25, 0.3) is 0 Å². The molecule has 0 bridgehead atoms. The lowest BCUT2D eigenvalue weighted by atomic mass is 9.32. The molecule has 6 rings (SSSR count). The molecule has 51 heavy (non-hydrogen) atoms. The van der Waals surface area contributed by atoms with Crippen LogP contribution in [0.4, 0.5) is 0 Å². The van der Waals surface area contributed by atoms with E-state index in [-0.39, 0.29) is 57.5 Å². The van der Waals surface area contributed by atoms with Crippen LogP contribution in [0.15, 0.2) is 12.2 Å². The van der Waals surface area contributed by atoms with Crippen molar-refractivity contribution in [2.24, 2.45) is 62.1 Å². The summed E-state index contributed by atoms with van der Waals surface area (Å²) < 4.78 is 6.17. The second-order valence-electron chi connectivity index (χ2n) is 20.4. The number of amides is 2. The molecule has 8 nitrogen and oxygen atoms in total. The van der Waals surface area contributed by atoms with E-state index in [2.05, 4.69) is 53.4 Å². The molecule has 0 radical (unpaired) electrons. The minimum Gasteiger partial charge on any atom is -0.481 e. The summed E-state index contributed by atoms with van der Waals surface area (Å²) in [7, 11) is 0. The van der Waals surface area contributed by atoms with E-state index in [1.807, 2.05) is 4.90 Å². The molecule has 2 amide bonds. The number of rotatable bonds is 8. The van der Waals surface area contributed by atoms with Crippen LogP contribution in [0.2, 0.25) is 0 Å². The molecule has 6 aliphatic rings. The van der Waals surface area contributed by atoms with Crippen molar-refractivity contribution in [3.63, 3.8) is 0 Å². The molecule has 5 saturated carbocycles. The number of carbonyl (C=O) groups excluding carboxylic acids is 3. The molecule has 1 saturated heterocycles. The molecule has 0 aromatic rings. The molecule has 0 spiro atoms. The quantitative estimate of drug-likeness (QED) is 0.194. The Bertz CT molecular complexity index is 1450. The van der Waals surface area contributed by atoms with E-state index in [0.29, 0.717) is 42.6 Å². The Morgan fingerprint density at radius 3 is 2.20 bits per heavy atom. The maximum atomic E-state index is 13.8. The Kier molecular flexibility index (Phi) is 9.69. The lowest BCUT2D eigenvalue weighted by molar-refractivity contribution is -0.250. The van der Waals surface area contributed by atoms with Gasteiger partial charge in [-0.2, -0.15) is 0 Å². The van der Waals surface area contributed by atoms with Gasteiger partial charge in [0.1, 0.15) is 6.10 Å². The first-order chi connectivity index (χ1) is 23.6. The molecule has 2 N–H and O–H groups in total. The number of carboxylic acid groups (broad SMARTS) is 1. The molecule has 6 fully saturated rings. The third-order valence-electron chi connectivity index (χ3n) is 17.1. The minimum absolute atomic E-state index is 0.000175. The van der Waals surface area contributed by atoms with Gasteiger partial charge in [-0.25, -0.2) is 0 Å². The van der Waals surface area contributed by atoms with Crippen LogP contribution in [-0.4, -0.2) is 59.0 Å². The number of hydrogen-bond acceptors (Lipinski definition) is 5. The van der Waals surface area contributed by atoms with Crippen LogP contribution in [0, 0.1) is 62.1 Å². The normalized spacial score (nSPS) is 42.8. The lowest BCUT2D eigenvalue weighted by Crippen LogP contribution is -2.67. The second kappa shape index (κ2) is 12.9. The van der Waals surface area contributed by atoms with Crippen molar-refractivity contribution in [3.8, 4) is 0 Å². The van der Waals surface area contributed by atoms with E-state index in [4.69, 9.17) is 4.74 Å². The molecule has 0 aromatic carbocycles. The van der Waals surface area contributed by atoms with Crippen LogP contribution in [0.1, 0.15) is 146 Å². The van der Waals surface area contributed by atoms with Gasteiger partial charge in [0.2, 0.25) is 11.8 Å². The molecule has 11 atom stereocenters. The monoisotopic (exact) mass is 709 g/mol. The number of likely N-dealkylation sites (tertiary alicyclic amines) is 1. The number of carboxylic acids is 1. The first kappa shape index (κ1) is 38.3. The summed E-state index contributed by atoms with van der Waals surface area (Å²) in [4.78, 5) is 52.5. The highest BCUT2D eigenvalue weighted by Gasteiger charge is 2.71. The zero-order valence-electron chi connectivity index (χ0n) is 33.3. The summed E-state index contributed by atoms with van der Waals surface area (Å²) in [5.74, 6) is 1.31. The van der Waals surface area contributed by atoms with Gasteiger partial charge in [-0.15, -0.1) is 0 Å². The number of fused-ring (bicyclic) bond motifs is 7. The average molecular weight is 709 g/mol. The van der Waals surface area contributed by atoms with Crippen LogP contribution in [0.3, 0.4) is 0 Å². The largest absolute Gasteiger partial charge is 0.481 e. The number of allylic oxidation sites excluding steroid dienone is 1. The van der Waals surface area contributed by atoms with Crippen molar-refractivity contribution in [1.82, 2.24) is 10.2 Å². The first-order valence-corrected chi connectivity index (χ1v) is 20.2. The van der Waals surface area contributed by atoms with Crippen molar-refractivity contribution >= 4 is 23.8 Å². The van der Waals surface area contributed by atoms with Gasteiger partial charge < -0.3 is 20.1 Å². The third-order valence-corrected chi connectivity index (χ3v) is 17.1. The SMILES string of the molecule is C=C(C)[C@@H]1CC[C@]2(CC(=O)N[C@@H]3CCN(C(C)=O)C3)CC[C@]3(C)[C@H](CC[C@@H]4[C@@]5(C)CCC(OC(=O)CC(C)(C)C(=O)O)C(C)(C)[C@@H]5CC[C@]43C)[C@@H]12. The van der Waals surface area contributed by atoms with Gasteiger partial charge in [0.15, 0.2) is 0 Å². The topological polar surface area (TPSA) is 113 Å². The van der Waals surface area contributed by atoms with Gasteiger partial charge in [-0.05, 0) is 143 Å². The maximum absolute atomic E-state index is 13.8. The smallest absolute Gasteiger partial charge is 0.309 e. The van der Waals surface area contributed by atoms with Crippen molar-refractivity contribution in [2.75, 3.05) is 13.1 Å². The Morgan fingerprint density at radius 2 is 1.57 bits per heavy atom. The third kappa shape index (κ3) is 6.09.